The average molecular weight is 362 g/mol. The van der Waals surface area contributed by atoms with E-state index in [1.165, 1.54) is 17.0 Å². The van der Waals surface area contributed by atoms with Crippen molar-refractivity contribution in [2.45, 2.75) is 26.2 Å². The molecule has 140 valence electrons. The molecule has 0 aromatic heterocycles. The highest BCUT2D eigenvalue weighted by Gasteiger charge is 2.39. The number of hydrogen-bond acceptors (Lipinski definition) is 4. The van der Waals surface area contributed by atoms with Crippen LogP contribution in [0.2, 0.25) is 0 Å². The quantitative estimate of drug-likeness (QED) is 0.768. The minimum atomic E-state index is -0.466. The fourth-order valence-electron chi connectivity index (χ4n) is 3.65. The standard InChI is InChI=1S/C19H23FN2O4/c1-2-26-19(25)13-5-4-8-21(11-13)18(24)14-9-17(23)22(12-14)16-7-3-6-15(20)10-16/h3,6-7,10,13-14H,2,4-5,8-9,11-12H2,1H3/t13-,14-/m0/s1. The third-order valence-electron chi connectivity index (χ3n) is 4.95. The topological polar surface area (TPSA) is 66.9 Å². The van der Waals surface area contributed by atoms with Gasteiger partial charge in [-0.3, -0.25) is 14.4 Å². The summed E-state index contributed by atoms with van der Waals surface area (Å²) in [6, 6.07) is 5.81. The van der Waals surface area contributed by atoms with Crippen molar-refractivity contribution in [3.63, 3.8) is 0 Å². The van der Waals surface area contributed by atoms with Crippen LogP contribution in [-0.2, 0) is 19.1 Å². The molecule has 2 amide bonds. The number of amides is 2. The molecule has 1 aromatic carbocycles. The van der Waals surface area contributed by atoms with Crippen molar-refractivity contribution in [3.05, 3.63) is 30.1 Å². The molecule has 2 fully saturated rings. The Morgan fingerprint density at radius 3 is 2.81 bits per heavy atom. The molecule has 0 spiro atoms. The van der Waals surface area contributed by atoms with Crippen LogP contribution in [-0.4, -0.2) is 48.9 Å². The first kappa shape index (κ1) is 18.4. The maximum atomic E-state index is 13.4. The first-order chi connectivity index (χ1) is 12.5. The Morgan fingerprint density at radius 2 is 2.08 bits per heavy atom. The molecule has 0 unspecified atom stereocenters. The van der Waals surface area contributed by atoms with Gasteiger partial charge in [0.1, 0.15) is 5.82 Å². The van der Waals surface area contributed by atoms with Crippen LogP contribution in [0, 0.1) is 17.7 Å². The molecule has 2 atom stereocenters. The summed E-state index contributed by atoms with van der Waals surface area (Å²) in [6.45, 7) is 3.24. The minimum absolute atomic E-state index is 0.107. The third kappa shape index (κ3) is 3.86. The number of esters is 1. The number of nitrogens with zero attached hydrogens (tertiary/aromatic N) is 2. The summed E-state index contributed by atoms with van der Waals surface area (Å²) in [5.41, 5.74) is 0.466. The van der Waals surface area contributed by atoms with Crippen LogP contribution in [0.3, 0.4) is 0 Å². The van der Waals surface area contributed by atoms with Gasteiger partial charge in [-0.25, -0.2) is 4.39 Å². The largest absolute Gasteiger partial charge is 0.466 e. The van der Waals surface area contributed by atoms with Gasteiger partial charge in [0.05, 0.1) is 18.4 Å². The van der Waals surface area contributed by atoms with E-state index < -0.39 is 11.7 Å². The molecule has 6 nitrogen and oxygen atoms in total. The molecule has 0 radical (unpaired) electrons. The summed E-state index contributed by atoms with van der Waals surface area (Å²) in [5.74, 6) is -1.76. The van der Waals surface area contributed by atoms with Crippen molar-refractivity contribution in [2.24, 2.45) is 11.8 Å². The molecule has 1 aromatic rings. The number of benzene rings is 1. The number of halogens is 1. The van der Waals surface area contributed by atoms with Gasteiger partial charge in [-0.2, -0.15) is 0 Å². The van der Waals surface area contributed by atoms with Crippen LogP contribution in [0.25, 0.3) is 0 Å². The molecule has 2 aliphatic rings. The van der Waals surface area contributed by atoms with Crippen LogP contribution in [0.1, 0.15) is 26.2 Å². The van der Waals surface area contributed by atoms with Gasteiger partial charge in [-0.1, -0.05) is 6.07 Å². The Labute approximate surface area is 151 Å². The van der Waals surface area contributed by atoms with Gasteiger partial charge < -0.3 is 14.5 Å². The number of carbonyl (C=O) groups excluding carboxylic acids is 3. The summed E-state index contributed by atoms with van der Waals surface area (Å²) in [7, 11) is 0. The van der Waals surface area contributed by atoms with E-state index in [-0.39, 0.29) is 36.7 Å². The second-order valence-corrected chi connectivity index (χ2v) is 6.76. The SMILES string of the molecule is CCOC(=O)[C@H]1CCCN(C(=O)[C@H]2CC(=O)N(c3cccc(F)c3)C2)C1. The Morgan fingerprint density at radius 1 is 1.27 bits per heavy atom. The highest BCUT2D eigenvalue weighted by Crippen LogP contribution is 2.28. The first-order valence-corrected chi connectivity index (χ1v) is 9.01. The molecule has 0 bridgehead atoms. The van der Waals surface area contributed by atoms with Crippen LogP contribution in [0.4, 0.5) is 10.1 Å². The van der Waals surface area contributed by atoms with Crippen molar-refractivity contribution >= 4 is 23.5 Å². The molecule has 2 heterocycles. The van der Waals surface area contributed by atoms with Gasteiger partial charge in [0.25, 0.3) is 0 Å². The van der Waals surface area contributed by atoms with Crippen molar-refractivity contribution in [1.82, 2.24) is 4.90 Å². The van der Waals surface area contributed by atoms with E-state index in [0.29, 0.717) is 31.8 Å². The fraction of sp³-hybridized carbons (Fsp3) is 0.526. The normalized spacial score (nSPS) is 23.2. The van der Waals surface area contributed by atoms with Crippen molar-refractivity contribution in [1.29, 1.82) is 0 Å². The monoisotopic (exact) mass is 362 g/mol. The number of hydrogen-bond donors (Lipinski definition) is 0. The number of rotatable bonds is 4. The predicted molar refractivity (Wildman–Crippen MR) is 92.8 cm³/mol. The van der Waals surface area contributed by atoms with Crippen LogP contribution in [0.15, 0.2) is 24.3 Å². The van der Waals surface area contributed by atoms with E-state index in [0.717, 1.165) is 6.42 Å². The highest BCUT2D eigenvalue weighted by atomic mass is 19.1. The Hall–Kier alpha value is -2.44. The van der Waals surface area contributed by atoms with Crippen molar-refractivity contribution < 1.29 is 23.5 Å². The average Bonchev–Trinajstić information content (AvgIpc) is 3.03. The molecule has 0 N–H and O–H groups in total. The van der Waals surface area contributed by atoms with E-state index >= 15 is 0 Å². The van der Waals surface area contributed by atoms with Crippen LogP contribution >= 0.6 is 0 Å². The van der Waals surface area contributed by atoms with Crippen LogP contribution < -0.4 is 4.90 Å². The summed E-state index contributed by atoms with van der Waals surface area (Å²) in [5, 5.41) is 0. The third-order valence-corrected chi connectivity index (χ3v) is 4.95. The van der Waals surface area contributed by atoms with Crippen LogP contribution in [0.5, 0.6) is 0 Å². The smallest absolute Gasteiger partial charge is 0.310 e. The molecule has 0 aliphatic carbocycles. The molecule has 2 saturated heterocycles. The fourth-order valence-corrected chi connectivity index (χ4v) is 3.65. The molecule has 7 heteroatoms. The zero-order valence-corrected chi connectivity index (χ0v) is 14.8. The van der Waals surface area contributed by atoms with Gasteiger partial charge in [0.15, 0.2) is 0 Å². The molecular formula is C19H23FN2O4. The Bertz CT molecular complexity index is 709. The molecule has 26 heavy (non-hydrogen) atoms. The summed E-state index contributed by atoms with van der Waals surface area (Å²) >= 11 is 0. The number of carbonyl (C=O) groups is 3. The van der Waals surface area contributed by atoms with E-state index in [2.05, 4.69) is 0 Å². The Kier molecular flexibility index (Phi) is 5.54. The zero-order valence-electron chi connectivity index (χ0n) is 14.8. The molecular weight excluding hydrogens is 339 g/mol. The van der Waals surface area contributed by atoms with E-state index in [9.17, 15) is 18.8 Å². The molecule has 0 saturated carbocycles. The zero-order chi connectivity index (χ0) is 18.7. The molecule has 2 aliphatic heterocycles. The van der Waals surface area contributed by atoms with Crippen molar-refractivity contribution in [2.75, 3.05) is 31.1 Å². The lowest BCUT2D eigenvalue weighted by Crippen LogP contribution is -2.45. The van der Waals surface area contributed by atoms with Gasteiger partial charge in [-0.05, 0) is 38.0 Å². The summed E-state index contributed by atoms with van der Waals surface area (Å²) in [4.78, 5) is 40.2. The summed E-state index contributed by atoms with van der Waals surface area (Å²) < 4.78 is 18.5. The van der Waals surface area contributed by atoms with Crippen molar-refractivity contribution in [3.8, 4) is 0 Å². The lowest BCUT2D eigenvalue weighted by Gasteiger charge is -2.33. The maximum absolute atomic E-state index is 13.4. The minimum Gasteiger partial charge on any atom is -0.466 e. The van der Waals surface area contributed by atoms with Gasteiger partial charge in [0, 0.05) is 31.7 Å². The predicted octanol–water partition coefficient (Wildman–Crippen LogP) is 1.98. The van der Waals surface area contributed by atoms with E-state index in [1.807, 2.05) is 0 Å². The Balaban J connectivity index is 1.65. The van der Waals surface area contributed by atoms with E-state index in [1.54, 1.807) is 24.0 Å². The van der Waals surface area contributed by atoms with Gasteiger partial charge >= 0.3 is 5.97 Å². The second kappa shape index (κ2) is 7.85. The first-order valence-electron chi connectivity index (χ1n) is 9.01. The van der Waals surface area contributed by atoms with Gasteiger partial charge in [0.2, 0.25) is 11.8 Å². The number of likely N-dealkylation sites (tertiary alicyclic amines) is 1. The number of piperidine rings is 1. The lowest BCUT2D eigenvalue weighted by molar-refractivity contribution is -0.152. The number of anilines is 1. The second-order valence-electron chi connectivity index (χ2n) is 6.76. The molecule has 3 rings (SSSR count). The number of ether oxygens (including phenoxy) is 1. The highest BCUT2D eigenvalue weighted by molar-refractivity contribution is 6.00. The van der Waals surface area contributed by atoms with E-state index in [4.69, 9.17) is 4.74 Å². The summed E-state index contributed by atoms with van der Waals surface area (Å²) in [6.07, 6.45) is 1.56. The maximum Gasteiger partial charge on any atom is 0.310 e. The van der Waals surface area contributed by atoms with Gasteiger partial charge in [-0.15, -0.1) is 0 Å². The lowest BCUT2D eigenvalue weighted by atomic mass is 9.96.